The van der Waals surface area contributed by atoms with Crippen LogP contribution < -0.4 is 4.90 Å². The van der Waals surface area contributed by atoms with Crippen molar-refractivity contribution >= 4 is 27.8 Å². The molecule has 1 aliphatic rings. The smallest absolute Gasteiger partial charge is 0.156 e. The minimum atomic E-state index is 0.709. The number of anilines is 1. The van der Waals surface area contributed by atoms with E-state index in [1.807, 2.05) is 0 Å². The van der Waals surface area contributed by atoms with Crippen LogP contribution in [0.15, 0.2) is 24.5 Å². The molecule has 0 bridgehead atoms. The summed E-state index contributed by atoms with van der Waals surface area (Å²) in [6, 6.07) is 6.48. The van der Waals surface area contributed by atoms with E-state index in [9.17, 15) is 0 Å². The summed E-state index contributed by atoms with van der Waals surface area (Å²) < 4.78 is 0. The predicted molar refractivity (Wildman–Crippen MR) is 91.3 cm³/mol. The maximum Gasteiger partial charge on any atom is 0.156 e. The lowest BCUT2D eigenvalue weighted by Gasteiger charge is -2.35. The molecule has 0 amide bonds. The first-order valence-corrected chi connectivity index (χ1v) is 8.10. The first kappa shape index (κ1) is 13.6. The highest BCUT2D eigenvalue weighted by Gasteiger charge is 2.25. The molecule has 1 aromatic carbocycles. The number of piperidine rings is 1. The number of aromatic nitrogens is 3. The van der Waals surface area contributed by atoms with Crippen LogP contribution in [-0.4, -0.2) is 28.0 Å². The largest absolute Gasteiger partial charge is 0.354 e. The summed E-state index contributed by atoms with van der Waals surface area (Å²) in [5.74, 6) is 2.47. The predicted octanol–water partition coefficient (Wildman–Crippen LogP) is 3.90. The Kier molecular flexibility index (Phi) is 3.06. The second-order valence-electron chi connectivity index (χ2n) is 6.95. The van der Waals surface area contributed by atoms with Crippen LogP contribution in [-0.2, 0) is 0 Å². The van der Waals surface area contributed by atoms with E-state index in [0.717, 1.165) is 35.5 Å². The van der Waals surface area contributed by atoms with Crippen LogP contribution in [0.5, 0.6) is 0 Å². The van der Waals surface area contributed by atoms with Crippen LogP contribution in [0.4, 0.5) is 5.82 Å². The molecule has 2 unspecified atom stereocenters. The maximum absolute atomic E-state index is 4.60. The van der Waals surface area contributed by atoms with E-state index in [-0.39, 0.29) is 0 Å². The fraction of sp³-hybridized carbons (Fsp3) is 0.444. The molecule has 1 N–H and O–H groups in total. The maximum atomic E-state index is 4.60. The summed E-state index contributed by atoms with van der Waals surface area (Å²) in [5.41, 5.74) is 4.51. The van der Waals surface area contributed by atoms with Gasteiger partial charge in [-0.1, -0.05) is 26.0 Å². The standard InChI is InChI=1S/C18H22N4/c1-11-4-5-14-15(7-11)21-17-16(14)19-10-20-18(17)22-8-12(2)6-13(3)9-22/h4-5,7,10,12-13,21H,6,8-9H2,1-3H3. The summed E-state index contributed by atoms with van der Waals surface area (Å²) in [7, 11) is 0. The van der Waals surface area contributed by atoms with Gasteiger partial charge in [-0.15, -0.1) is 0 Å². The summed E-state index contributed by atoms with van der Waals surface area (Å²) in [6.07, 6.45) is 3.01. The average molecular weight is 294 g/mol. The van der Waals surface area contributed by atoms with Gasteiger partial charge in [0.1, 0.15) is 17.4 Å². The van der Waals surface area contributed by atoms with Crippen LogP contribution in [0, 0.1) is 18.8 Å². The van der Waals surface area contributed by atoms with Crippen molar-refractivity contribution in [1.82, 2.24) is 15.0 Å². The van der Waals surface area contributed by atoms with Crippen molar-refractivity contribution in [1.29, 1.82) is 0 Å². The Labute approximate surface area is 130 Å². The van der Waals surface area contributed by atoms with Crippen LogP contribution in [0.25, 0.3) is 21.9 Å². The molecule has 0 saturated carbocycles. The summed E-state index contributed by atoms with van der Waals surface area (Å²) in [6.45, 7) is 8.92. The number of H-pyrrole nitrogens is 1. The molecule has 4 rings (SSSR count). The third-order valence-electron chi connectivity index (χ3n) is 4.69. The molecule has 1 aliphatic heterocycles. The Morgan fingerprint density at radius 2 is 1.91 bits per heavy atom. The summed E-state index contributed by atoms with van der Waals surface area (Å²) >= 11 is 0. The lowest BCUT2D eigenvalue weighted by Crippen LogP contribution is -2.39. The molecule has 2 aromatic heterocycles. The second kappa shape index (κ2) is 4.97. The van der Waals surface area contributed by atoms with Crippen molar-refractivity contribution in [2.24, 2.45) is 11.8 Å². The fourth-order valence-corrected chi connectivity index (χ4v) is 3.87. The van der Waals surface area contributed by atoms with Gasteiger partial charge in [0.2, 0.25) is 0 Å². The van der Waals surface area contributed by atoms with Gasteiger partial charge in [-0.3, -0.25) is 0 Å². The van der Waals surface area contributed by atoms with Crippen LogP contribution in [0.2, 0.25) is 0 Å². The van der Waals surface area contributed by atoms with E-state index in [0.29, 0.717) is 11.8 Å². The topological polar surface area (TPSA) is 44.8 Å². The summed E-state index contributed by atoms with van der Waals surface area (Å²) in [5, 5.41) is 1.18. The van der Waals surface area contributed by atoms with E-state index >= 15 is 0 Å². The van der Waals surface area contributed by atoms with Crippen LogP contribution in [0.3, 0.4) is 0 Å². The highest BCUT2D eigenvalue weighted by atomic mass is 15.2. The van der Waals surface area contributed by atoms with E-state index < -0.39 is 0 Å². The number of hydrogen-bond donors (Lipinski definition) is 1. The molecule has 2 atom stereocenters. The molecule has 0 spiro atoms. The van der Waals surface area contributed by atoms with E-state index in [4.69, 9.17) is 0 Å². The molecule has 0 radical (unpaired) electrons. The quantitative estimate of drug-likeness (QED) is 0.740. The first-order valence-electron chi connectivity index (χ1n) is 8.10. The Hall–Kier alpha value is -2.10. The molecule has 3 heterocycles. The molecule has 3 aromatic rings. The van der Waals surface area contributed by atoms with Crippen LogP contribution in [0.1, 0.15) is 25.8 Å². The number of benzene rings is 1. The molecule has 4 nitrogen and oxygen atoms in total. The van der Waals surface area contributed by atoms with Gasteiger partial charge in [0.15, 0.2) is 5.82 Å². The third-order valence-corrected chi connectivity index (χ3v) is 4.69. The van der Waals surface area contributed by atoms with Gasteiger partial charge in [0.05, 0.1) is 0 Å². The van der Waals surface area contributed by atoms with Gasteiger partial charge < -0.3 is 9.88 Å². The Morgan fingerprint density at radius 3 is 2.68 bits per heavy atom. The van der Waals surface area contributed by atoms with Gasteiger partial charge in [-0.2, -0.15) is 0 Å². The van der Waals surface area contributed by atoms with Gasteiger partial charge in [0.25, 0.3) is 0 Å². The highest BCUT2D eigenvalue weighted by molar-refractivity contribution is 6.08. The highest BCUT2D eigenvalue weighted by Crippen LogP contribution is 2.32. The Bertz CT molecular complexity index is 826. The Morgan fingerprint density at radius 1 is 1.14 bits per heavy atom. The second-order valence-corrected chi connectivity index (χ2v) is 6.95. The number of hydrogen-bond acceptors (Lipinski definition) is 3. The van der Waals surface area contributed by atoms with Gasteiger partial charge in [0, 0.05) is 24.0 Å². The SMILES string of the molecule is Cc1ccc2c(c1)[nH]c1c(N3CC(C)CC(C)C3)ncnc12. The zero-order chi connectivity index (χ0) is 15.3. The number of fused-ring (bicyclic) bond motifs is 3. The lowest BCUT2D eigenvalue weighted by molar-refractivity contribution is 0.356. The van der Waals surface area contributed by atoms with Crippen molar-refractivity contribution in [2.45, 2.75) is 27.2 Å². The van der Waals surface area contributed by atoms with E-state index in [2.05, 4.69) is 58.8 Å². The van der Waals surface area contributed by atoms with Crippen molar-refractivity contribution in [2.75, 3.05) is 18.0 Å². The molecule has 4 heteroatoms. The number of nitrogens with one attached hydrogen (secondary N) is 1. The molecule has 1 saturated heterocycles. The van der Waals surface area contributed by atoms with E-state index in [1.54, 1.807) is 6.33 Å². The minimum Gasteiger partial charge on any atom is -0.354 e. The fourth-order valence-electron chi connectivity index (χ4n) is 3.87. The average Bonchev–Trinajstić information content (AvgIpc) is 2.83. The molecule has 0 aliphatic carbocycles. The van der Waals surface area contributed by atoms with Gasteiger partial charge in [-0.05, 0) is 36.8 Å². The van der Waals surface area contributed by atoms with Crippen LogP contribution >= 0.6 is 0 Å². The number of aryl methyl sites for hydroxylation is 1. The molecule has 22 heavy (non-hydrogen) atoms. The number of nitrogens with zero attached hydrogens (tertiary/aromatic N) is 3. The van der Waals surface area contributed by atoms with Crippen molar-refractivity contribution in [3.8, 4) is 0 Å². The summed E-state index contributed by atoms with van der Waals surface area (Å²) in [4.78, 5) is 15.1. The number of aromatic amines is 1. The monoisotopic (exact) mass is 294 g/mol. The van der Waals surface area contributed by atoms with Gasteiger partial charge in [-0.25, -0.2) is 9.97 Å². The third kappa shape index (κ3) is 2.14. The first-order chi connectivity index (χ1) is 10.6. The molecular weight excluding hydrogens is 272 g/mol. The minimum absolute atomic E-state index is 0.709. The zero-order valence-corrected chi connectivity index (χ0v) is 13.4. The lowest BCUT2D eigenvalue weighted by atomic mass is 9.92. The zero-order valence-electron chi connectivity index (χ0n) is 13.4. The molecule has 114 valence electrons. The van der Waals surface area contributed by atoms with E-state index in [1.165, 1.54) is 17.4 Å². The number of rotatable bonds is 1. The van der Waals surface area contributed by atoms with Gasteiger partial charge >= 0.3 is 0 Å². The van der Waals surface area contributed by atoms with Crippen molar-refractivity contribution in [3.05, 3.63) is 30.1 Å². The van der Waals surface area contributed by atoms with Crippen molar-refractivity contribution in [3.63, 3.8) is 0 Å². The normalized spacial score (nSPS) is 22.6. The molecule has 1 fully saturated rings. The molecular formula is C18H22N4. The Balaban J connectivity index is 1.89. The van der Waals surface area contributed by atoms with Crippen molar-refractivity contribution < 1.29 is 0 Å².